The molecule has 1 aliphatic rings. The van der Waals surface area contributed by atoms with E-state index in [-0.39, 0.29) is 24.0 Å². The zero-order valence-corrected chi connectivity index (χ0v) is 20.5. The Bertz CT molecular complexity index is 785. The van der Waals surface area contributed by atoms with Gasteiger partial charge in [-0.05, 0) is 55.0 Å². The van der Waals surface area contributed by atoms with Gasteiger partial charge in [0.15, 0.2) is 5.96 Å². The minimum absolute atomic E-state index is 0. The van der Waals surface area contributed by atoms with Crippen LogP contribution >= 0.6 is 24.0 Å². The predicted molar refractivity (Wildman–Crippen MR) is 131 cm³/mol. The second-order valence-corrected chi connectivity index (χ2v) is 7.68. The predicted octanol–water partition coefficient (Wildman–Crippen LogP) is 3.76. The molecule has 1 fully saturated rings. The van der Waals surface area contributed by atoms with E-state index >= 15 is 0 Å². The molecule has 0 atom stereocenters. The lowest BCUT2D eigenvalue weighted by molar-refractivity contribution is 0.138. The Morgan fingerprint density at radius 3 is 2.50 bits per heavy atom. The van der Waals surface area contributed by atoms with Crippen LogP contribution in [0.25, 0.3) is 5.69 Å². The van der Waals surface area contributed by atoms with Crippen molar-refractivity contribution in [2.75, 3.05) is 34.4 Å². The van der Waals surface area contributed by atoms with Crippen molar-refractivity contribution in [1.82, 2.24) is 20.4 Å². The summed E-state index contributed by atoms with van der Waals surface area (Å²) in [6, 6.07) is 9.86. The van der Waals surface area contributed by atoms with Crippen LogP contribution in [0.2, 0.25) is 0 Å². The molecule has 1 saturated carbocycles. The van der Waals surface area contributed by atoms with Crippen LogP contribution in [0.5, 0.6) is 5.75 Å². The molecular weight excluding hydrogens is 493 g/mol. The summed E-state index contributed by atoms with van der Waals surface area (Å²) >= 11 is 0. The number of hydrogen-bond acceptors (Lipinski definition) is 4. The molecule has 0 saturated heterocycles. The molecule has 8 heteroatoms. The van der Waals surface area contributed by atoms with Crippen LogP contribution in [0.4, 0.5) is 0 Å². The van der Waals surface area contributed by atoms with Crippen LogP contribution in [0.15, 0.2) is 41.5 Å². The smallest absolute Gasteiger partial charge is 0.191 e. The topological polar surface area (TPSA) is 72.7 Å². The first kappa shape index (κ1) is 24.5. The van der Waals surface area contributed by atoms with Crippen LogP contribution < -0.4 is 15.4 Å². The third-order valence-electron chi connectivity index (χ3n) is 5.77. The van der Waals surface area contributed by atoms with Crippen molar-refractivity contribution in [3.63, 3.8) is 0 Å². The summed E-state index contributed by atoms with van der Waals surface area (Å²) in [6.45, 7) is 2.36. The Hall–Kier alpha value is -1.81. The van der Waals surface area contributed by atoms with Crippen molar-refractivity contribution in [3.05, 3.63) is 42.2 Å². The molecule has 1 aliphatic carbocycles. The summed E-state index contributed by atoms with van der Waals surface area (Å²) in [5, 5.41) is 11.5. The molecule has 1 aromatic heterocycles. The summed E-state index contributed by atoms with van der Waals surface area (Å²) in [4.78, 5) is 4.37. The van der Waals surface area contributed by atoms with Crippen molar-refractivity contribution >= 4 is 29.9 Å². The number of rotatable bonds is 9. The highest BCUT2D eigenvalue weighted by molar-refractivity contribution is 14.0. The molecule has 0 unspecified atom stereocenters. The van der Waals surface area contributed by atoms with Gasteiger partial charge in [0.25, 0.3) is 0 Å². The van der Waals surface area contributed by atoms with Gasteiger partial charge in [0, 0.05) is 33.5 Å². The minimum atomic E-state index is 0. The van der Waals surface area contributed by atoms with Gasteiger partial charge in [-0.3, -0.25) is 4.99 Å². The number of halogens is 1. The Morgan fingerprint density at radius 1 is 1.13 bits per heavy atom. The third-order valence-corrected chi connectivity index (χ3v) is 5.77. The Kier molecular flexibility index (Phi) is 9.90. The maximum absolute atomic E-state index is 5.33. The Morgan fingerprint density at radius 2 is 1.87 bits per heavy atom. The van der Waals surface area contributed by atoms with Gasteiger partial charge >= 0.3 is 0 Å². The molecule has 0 aliphatic heterocycles. The van der Waals surface area contributed by atoms with E-state index in [1.165, 1.54) is 25.7 Å². The van der Waals surface area contributed by atoms with E-state index in [9.17, 15) is 0 Å². The first-order valence-corrected chi connectivity index (χ1v) is 10.3. The number of hydrogen-bond donors (Lipinski definition) is 2. The molecular formula is C22H34IN5O2. The number of nitrogens with one attached hydrogen (secondary N) is 2. The van der Waals surface area contributed by atoms with Crippen LogP contribution in [0.1, 0.15) is 37.8 Å². The van der Waals surface area contributed by atoms with E-state index < -0.39 is 0 Å². The number of aromatic nitrogens is 2. The summed E-state index contributed by atoms with van der Waals surface area (Å²) in [5.74, 6) is 1.65. The highest BCUT2D eigenvalue weighted by Gasteiger charge is 2.33. The van der Waals surface area contributed by atoms with E-state index in [4.69, 9.17) is 9.47 Å². The molecule has 1 aromatic carbocycles. The fourth-order valence-electron chi connectivity index (χ4n) is 3.96. The third kappa shape index (κ3) is 6.60. The summed E-state index contributed by atoms with van der Waals surface area (Å²) in [7, 11) is 5.25. The molecule has 1 heterocycles. The number of methoxy groups -OCH3 is 2. The monoisotopic (exact) mass is 527 g/mol. The Labute approximate surface area is 196 Å². The maximum atomic E-state index is 5.33. The zero-order valence-electron chi connectivity index (χ0n) is 18.2. The number of benzene rings is 1. The lowest BCUT2D eigenvalue weighted by Crippen LogP contribution is -2.43. The van der Waals surface area contributed by atoms with Crippen molar-refractivity contribution in [3.8, 4) is 11.4 Å². The van der Waals surface area contributed by atoms with Crippen molar-refractivity contribution < 1.29 is 9.47 Å². The van der Waals surface area contributed by atoms with Crippen LogP contribution in [-0.4, -0.2) is 50.2 Å². The molecule has 2 N–H and O–H groups in total. The molecule has 2 aromatic rings. The highest BCUT2D eigenvalue weighted by Crippen LogP contribution is 2.40. The quantitative estimate of drug-likeness (QED) is 0.295. The van der Waals surface area contributed by atoms with Crippen molar-refractivity contribution in [2.24, 2.45) is 10.4 Å². The molecule has 0 bridgehead atoms. The van der Waals surface area contributed by atoms with Crippen molar-refractivity contribution in [1.29, 1.82) is 0 Å². The summed E-state index contributed by atoms with van der Waals surface area (Å²) in [6.07, 6.45) is 8.19. The van der Waals surface area contributed by atoms with E-state index in [0.717, 1.165) is 42.7 Å². The van der Waals surface area contributed by atoms with Gasteiger partial charge in [-0.25, -0.2) is 4.68 Å². The zero-order chi connectivity index (χ0) is 20.5. The number of nitrogens with zero attached hydrogens (tertiary/aromatic N) is 3. The van der Waals surface area contributed by atoms with E-state index in [1.54, 1.807) is 14.2 Å². The van der Waals surface area contributed by atoms with Crippen LogP contribution in [0.3, 0.4) is 0 Å². The van der Waals surface area contributed by atoms with E-state index in [2.05, 4.69) is 20.7 Å². The average molecular weight is 527 g/mol. The molecule has 0 amide bonds. The minimum Gasteiger partial charge on any atom is -0.497 e. The molecule has 30 heavy (non-hydrogen) atoms. The fraction of sp³-hybridized carbons (Fsp3) is 0.545. The fourth-order valence-corrected chi connectivity index (χ4v) is 3.96. The second kappa shape index (κ2) is 12.1. The van der Waals surface area contributed by atoms with Gasteiger partial charge in [0.1, 0.15) is 5.75 Å². The Balaban J connectivity index is 0.00000320. The van der Waals surface area contributed by atoms with E-state index in [1.807, 2.05) is 48.3 Å². The first-order valence-electron chi connectivity index (χ1n) is 10.3. The number of aliphatic imine (C=N–C) groups is 1. The average Bonchev–Trinajstić information content (AvgIpc) is 3.43. The van der Waals surface area contributed by atoms with Gasteiger partial charge in [-0.1, -0.05) is 12.8 Å². The first-order chi connectivity index (χ1) is 14.2. The van der Waals surface area contributed by atoms with E-state index in [0.29, 0.717) is 12.0 Å². The van der Waals surface area contributed by atoms with Crippen LogP contribution in [0, 0.1) is 5.41 Å². The SMILES string of the molecule is CN=C(NCc1ccn(-c2ccc(OC)cc2)n1)NCC1(CCOC)CCCC1.I. The molecule has 0 spiro atoms. The normalized spacial score (nSPS) is 15.5. The van der Waals surface area contributed by atoms with Crippen molar-refractivity contribution in [2.45, 2.75) is 38.6 Å². The highest BCUT2D eigenvalue weighted by atomic mass is 127. The van der Waals surface area contributed by atoms with Gasteiger partial charge in [0.05, 0.1) is 25.0 Å². The molecule has 7 nitrogen and oxygen atoms in total. The molecule has 3 rings (SSSR count). The summed E-state index contributed by atoms with van der Waals surface area (Å²) < 4.78 is 12.4. The second-order valence-electron chi connectivity index (χ2n) is 7.68. The standard InChI is InChI=1S/C22H33N5O2.HI/c1-23-21(25-17-22(13-15-28-2)11-4-5-12-22)24-16-18-10-14-27(26-18)19-6-8-20(29-3)9-7-19;/h6-10,14H,4-5,11-13,15-17H2,1-3H3,(H2,23,24,25);1H. The number of guanidine groups is 1. The van der Waals surface area contributed by atoms with Gasteiger partial charge in [0.2, 0.25) is 0 Å². The maximum Gasteiger partial charge on any atom is 0.191 e. The van der Waals surface area contributed by atoms with Gasteiger partial charge < -0.3 is 20.1 Å². The number of ether oxygens (including phenoxy) is 2. The van der Waals surface area contributed by atoms with Gasteiger partial charge in [-0.15, -0.1) is 24.0 Å². The molecule has 166 valence electrons. The van der Waals surface area contributed by atoms with Gasteiger partial charge in [-0.2, -0.15) is 5.10 Å². The van der Waals surface area contributed by atoms with Crippen LogP contribution in [-0.2, 0) is 11.3 Å². The lowest BCUT2D eigenvalue weighted by Gasteiger charge is -2.29. The lowest BCUT2D eigenvalue weighted by atomic mass is 9.83. The largest absolute Gasteiger partial charge is 0.497 e. The molecule has 0 radical (unpaired) electrons. The summed E-state index contributed by atoms with van der Waals surface area (Å²) in [5.41, 5.74) is 2.28.